The molecule has 0 aliphatic heterocycles. The second kappa shape index (κ2) is 5.41. The van der Waals surface area contributed by atoms with Crippen molar-refractivity contribution in [3.8, 4) is 0 Å². The second-order valence-electron chi connectivity index (χ2n) is 5.16. The summed E-state index contributed by atoms with van der Waals surface area (Å²) < 4.78 is 0. The monoisotopic (exact) mass is 291 g/mol. The summed E-state index contributed by atoms with van der Waals surface area (Å²) in [6.07, 6.45) is 1.58. The van der Waals surface area contributed by atoms with Gasteiger partial charge in [-0.15, -0.1) is 0 Å². The smallest absolute Gasteiger partial charge is 0.262 e. The van der Waals surface area contributed by atoms with Crippen molar-refractivity contribution in [2.45, 2.75) is 6.92 Å². The molecule has 0 heterocycles. The molecule has 0 spiro atoms. The Bertz CT molecular complexity index is 834. The van der Waals surface area contributed by atoms with Gasteiger partial charge in [0, 0.05) is 5.69 Å². The molecule has 2 aromatic rings. The highest BCUT2D eigenvalue weighted by atomic mass is 16.2. The van der Waals surface area contributed by atoms with Crippen molar-refractivity contribution in [3.05, 3.63) is 70.8 Å². The number of ketones is 1. The number of carbonyl (C=O) groups is 2. The summed E-state index contributed by atoms with van der Waals surface area (Å²) in [7, 11) is 0. The van der Waals surface area contributed by atoms with E-state index in [0.717, 1.165) is 11.1 Å². The van der Waals surface area contributed by atoms with Crippen LogP contribution in [0.15, 0.2) is 54.1 Å². The molecular formula is C18H15N2O2+. The van der Waals surface area contributed by atoms with E-state index in [9.17, 15) is 9.59 Å². The molecule has 0 fully saturated rings. The Morgan fingerprint density at radius 1 is 1.05 bits per heavy atom. The van der Waals surface area contributed by atoms with E-state index in [2.05, 4.69) is 5.32 Å². The lowest BCUT2D eigenvalue weighted by Crippen LogP contribution is -2.48. The van der Waals surface area contributed by atoms with Crippen LogP contribution in [0, 0.1) is 6.92 Å². The Morgan fingerprint density at radius 3 is 2.50 bits per heavy atom. The quantitative estimate of drug-likeness (QED) is 0.815. The number of rotatable bonds is 2. The molecule has 22 heavy (non-hydrogen) atoms. The lowest BCUT2D eigenvalue weighted by Gasteiger charge is -2.14. The average Bonchev–Trinajstić information content (AvgIpc) is 2.53. The van der Waals surface area contributed by atoms with Gasteiger partial charge in [-0.2, -0.15) is 0 Å². The van der Waals surface area contributed by atoms with Gasteiger partial charge in [0.15, 0.2) is 0 Å². The van der Waals surface area contributed by atoms with E-state index >= 15 is 0 Å². The van der Waals surface area contributed by atoms with E-state index in [0.29, 0.717) is 11.3 Å². The molecule has 0 radical (unpaired) electrons. The molecule has 0 atom stereocenters. The number of benzene rings is 2. The van der Waals surface area contributed by atoms with Crippen LogP contribution in [-0.2, 0) is 9.59 Å². The first-order valence-corrected chi connectivity index (χ1v) is 6.93. The summed E-state index contributed by atoms with van der Waals surface area (Å²) in [5.41, 5.74) is 3.21. The molecule has 0 unspecified atom stereocenters. The number of Topliss-reactive ketones (excluding diaryl/α,β-unsaturated/α-hetero) is 1. The van der Waals surface area contributed by atoms with Crippen LogP contribution in [0.2, 0.25) is 0 Å². The van der Waals surface area contributed by atoms with Gasteiger partial charge in [0.1, 0.15) is 0 Å². The van der Waals surface area contributed by atoms with E-state index in [1.165, 1.54) is 0 Å². The van der Waals surface area contributed by atoms with E-state index in [4.69, 9.17) is 5.41 Å². The summed E-state index contributed by atoms with van der Waals surface area (Å²) in [5.74, 6) is -0.887. The number of para-hydroxylation sites is 1. The lowest BCUT2D eigenvalue weighted by atomic mass is 9.89. The SMILES string of the molecule is Cc1ccccc1NC(=O)C1=Cc2ccccc2C(=[NH2+])C1=O. The van der Waals surface area contributed by atoms with Crippen molar-refractivity contribution in [2.24, 2.45) is 0 Å². The van der Waals surface area contributed by atoms with Crippen LogP contribution >= 0.6 is 0 Å². The van der Waals surface area contributed by atoms with Crippen molar-refractivity contribution in [1.82, 2.24) is 0 Å². The molecule has 3 N–H and O–H groups in total. The molecule has 108 valence electrons. The number of anilines is 1. The number of carbonyl (C=O) groups excluding carboxylic acids is 2. The van der Waals surface area contributed by atoms with Gasteiger partial charge in [-0.25, -0.2) is 0 Å². The van der Waals surface area contributed by atoms with Crippen molar-refractivity contribution < 1.29 is 15.0 Å². The van der Waals surface area contributed by atoms with Crippen LogP contribution in [-0.4, -0.2) is 17.4 Å². The predicted molar refractivity (Wildman–Crippen MR) is 85.3 cm³/mol. The highest BCUT2D eigenvalue weighted by Crippen LogP contribution is 2.22. The Kier molecular flexibility index (Phi) is 3.43. The third-order valence-electron chi connectivity index (χ3n) is 3.68. The maximum atomic E-state index is 12.4. The van der Waals surface area contributed by atoms with Gasteiger partial charge in [0.25, 0.3) is 17.4 Å². The highest BCUT2D eigenvalue weighted by Gasteiger charge is 2.32. The minimum absolute atomic E-state index is 0.0550. The number of nitrogens with one attached hydrogen (secondary N) is 1. The molecule has 1 aliphatic rings. The molecular weight excluding hydrogens is 276 g/mol. The van der Waals surface area contributed by atoms with Gasteiger partial charge >= 0.3 is 0 Å². The first-order chi connectivity index (χ1) is 10.6. The van der Waals surface area contributed by atoms with E-state index in [1.54, 1.807) is 18.2 Å². The predicted octanol–water partition coefficient (Wildman–Crippen LogP) is 1.15. The van der Waals surface area contributed by atoms with Gasteiger partial charge in [-0.1, -0.05) is 36.4 Å². The standard InChI is InChI=1S/C18H14N2O2/c1-11-6-2-5-9-15(11)20-18(22)14-10-12-7-3-4-8-13(12)16(19)17(14)21/h2-10,19H,1H3,(H,20,22)/p+1. The van der Waals surface area contributed by atoms with Crippen molar-refractivity contribution >= 4 is 29.2 Å². The summed E-state index contributed by atoms with van der Waals surface area (Å²) in [6.45, 7) is 1.89. The molecule has 4 nitrogen and oxygen atoms in total. The first-order valence-electron chi connectivity index (χ1n) is 6.93. The lowest BCUT2D eigenvalue weighted by molar-refractivity contribution is -0.133. The van der Waals surface area contributed by atoms with Gasteiger partial charge in [-0.3, -0.25) is 15.0 Å². The average molecular weight is 291 g/mol. The van der Waals surface area contributed by atoms with Gasteiger partial charge in [0.2, 0.25) is 0 Å². The second-order valence-corrected chi connectivity index (χ2v) is 5.16. The van der Waals surface area contributed by atoms with E-state index in [1.807, 2.05) is 43.3 Å². The van der Waals surface area contributed by atoms with Crippen LogP contribution < -0.4 is 10.7 Å². The van der Waals surface area contributed by atoms with Gasteiger partial charge < -0.3 is 5.32 Å². The molecule has 0 bridgehead atoms. The zero-order valence-corrected chi connectivity index (χ0v) is 12.1. The number of aryl methyl sites for hydroxylation is 1. The van der Waals surface area contributed by atoms with Gasteiger partial charge in [-0.05, 0) is 36.3 Å². The summed E-state index contributed by atoms with van der Waals surface area (Å²) in [6, 6.07) is 14.7. The fourth-order valence-electron chi connectivity index (χ4n) is 2.43. The Hall–Kier alpha value is -3.01. The van der Waals surface area contributed by atoms with Gasteiger partial charge in [0.05, 0.1) is 11.1 Å². The number of hydrogen-bond donors (Lipinski definition) is 2. The number of amides is 1. The summed E-state index contributed by atoms with van der Waals surface area (Å²) in [5, 5.41) is 8.65. The molecule has 3 rings (SSSR count). The Morgan fingerprint density at radius 2 is 1.73 bits per heavy atom. The molecule has 0 saturated carbocycles. The number of fused-ring (bicyclic) bond motifs is 1. The molecule has 1 aliphatic carbocycles. The summed E-state index contributed by atoms with van der Waals surface area (Å²) in [4.78, 5) is 24.7. The van der Waals surface area contributed by atoms with Crippen LogP contribution in [0.1, 0.15) is 16.7 Å². The molecule has 4 heteroatoms. The highest BCUT2D eigenvalue weighted by molar-refractivity contribution is 6.57. The van der Waals surface area contributed by atoms with Crippen LogP contribution in [0.5, 0.6) is 0 Å². The van der Waals surface area contributed by atoms with Crippen molar-refractivity contribution in [3.63, 3.8) is 0 Å². The van der Waals surface area contributed by atoms with Crippen LogP contribution in [0.25, 0.3) is 6.08 Å². The molecule has 0 aromatic heterocycles. The molecule has 2 aromatic carbocycles. The van der Waals surface area contributed by atoms with E-state index < -0.39 is 11.7 Å². The maximum absolute atomic E-state index is 12.4. The third-order valence-corrected chi connectivity index (χ3v) is 3.68. The molecule has 1 amide bonds. The Balaban J connectivity index is 1.96. The fraction of sp³-hybridized carbons (Fsp3) is 0.0556. The minimum atomic E-state index is -0.447. The zero-order valence-electron chi connectivity index (χ0n) is 12.1. The topological polar surface area (TPSA) is 71.8 Å². The third kappa shape index (κ3) is 2.35. The van der Waals surface area contributed by atoms with Crippen LogP contribution in [0.3, 0.4) is 0 Å². The number of nitrogens with two attached hydrogens (primary N) is 1. The largest absolute Gasteiger partial charge is 0.322 e. The molecule has 0 saturated heterocycles. The zero-order chi connectivity index (χ0) is 15.7. The van der Waals surface area contributed by atoms with Crippen molar-refractivity contribution in [2.75, 3.05) is 5.32 Å². The number of hydrogen-bond acceptors (Lipinski definition) is 2. The Labute approximate surface area is 128 Å². The maximum Gasteiger partial charge on any atom is 0.262 e. The first kappa shape index (κ1) is 13.9. The van der Waals surface area contributed by atoms with Crippen molar-refractivity contribution in [1.29, 1.82) is 0 Å². The minimum Gasteiger partial charge on any atom is -0.322 e. The van der Waals surface area contributed by atoms with Crippen LogP contribution in [0.4, 0.5) is 5.69 Å². The van der Waals surface area contributed by atoms with E-state index in [-0.39, 0.29) is 11.3 Å². The fourth-order valence-corrected chi connectivity index (χ4v) is 2.43. The summed E-state index contributed by atoms with van der Waals surface area (Å²) >= 11 is 0. The normalized spacial score (nSPS) is 13.4.